The van der Waals surface area contributed by atoms with Crippen molar-refractivity contribution in [1.29, 1.82) is 0 Å². The molecule has 5 heteroatoms. The van der Waals surface area contributed by atoms with Crippen LogP contribution in [0.4, 0.5) is 10.1 Å². The molecule has 1 aromatic rings. The molecular weight excluding hydrogens is 235 g/mol. The summed E-state index contributed by atoms with van der Waals surface area (Å²) in [5.74, 6) is -0.0961. The maximum atomic E-state index is 13.6. The van der Waals surface area contributed by atoms with Gasteiger partial charge >= 0.3 is 0 Å². The Hall–Kier alpha value is -1.33. The van der Waals surface area contributed by atoms with Gasteiger partial charge in [0.2, 0.25) is 0 Å². The van der Waals surface area contributed by atoms with Gasteiger partial charge in [-0.15, -0.1) is 0 Å². The summed E-state index contributed by atoms with van der Waals surface area (Å²) in [5, 5.41) is 0. The summed E-state index contributed by atoms with van der Waals surface area (Å²) in [6.45, 7) is 2.68. The minimum Gasteiger partial charge on any atom is -0.494 e. The number of methoxy groups -OCH3 is 1. The van der Waals surface area contributed by atoms with Crippen LogP contribution < -0.4 is 15.4 Å². The van der Waals surface area contributed by atoms with Crippen molar-refractivity contribution in [2.45, 2.75) is 0 Å². The summed E-state index contributed by atoms with van der Waals surface area (Å²) in [4.78, 5) is 2.00. The third-order valence-corrected chi connectivity index (χ3v) is 3.40. The van der Waals surface area contributed by atoms with E-state index in [0.29, 0.717) is 19.8 Å². The summed E-state index contributed by atoms with van der Waals surface area (Å²) in [6, 6.07) is 4.95. The van der Waals surface area contributed by atoms with E-state index in [-0.39, 0.29) is 17.0 Å². The standard InChI is InChI=1S/C13H19FN2O2/c1-16(7-13(6-15)8-18-9-13)10-3-4-12(17-2)11(14)5-10/h3-5H,6-9,15H2,1-2H3. The maximum absolute atomic E-state index is 13.6. The van der Waals surface area contributed by atoms with Gasteiger partial charge in [0.05, 0.1) is 20.3 Å². The minimum absolute atomic E-state index is 0.00511. The molecule has 0 radical (unpaired) electrons. The SMILES string of the molecule is COc1ccc(N(C)CC2(CN)COC2)cc1F. The van der Waals surface area contributed by atoms with E-state index in [1.165, 1.54) is 13.2 Å². The van der Waals surface area contributed by atoms with Gasteiger partial charge in [-0.2, -0.15) is 0 Å². The number of anilines is 1. The third kappa shape index (κ3) is 2.42. The molecule has 100 valence electrons. The molecule has 1 aliphatic rings. The van der Waals surface area contributed by atoms with Crippen LogP contribution in [-0.4, -0.2) is 40.5 Å². The molecule has 0 bridgehead atoms. The average molecular weight is 254 g/mol. The average Bonchev–Trinajstić information content (AvgIpc) is 2.33. The van der Waals surface area contributed by atoms with E-state index in [4.69, 9.17) is 15.2 Å². The number of ether oxygens (including phenoxy) is 2. The summed E-state index contributed by atoms with van der Waals surface area (Å²) in [5.41, 5.74) is 6.59. The summed E-state index contributed by atoms with van der Waals surface area (Å²) in [7, 11) is 3.38. The van der Waals surface area contributed by atoms with Crippen molar-refractivity contribution in [2.75, 3.05) is 45.4 Å². The zero-order chi connectivity index (χ0) is 13.2. The Balaban J connectivity index is 2.09. The van der Waals surface area contributed by atoms with E-state index < -0.39 is 0 Å². The summed E-state index contributed by atoms with van der Waals surface area (Å²) < 4.78 is 23.7. The van der Waals surface area contributed by atoms with Gasteiger partial charge < -0.3 is 20.1 Å². The lowest BCUT2D eigenvalue weighted by Crippen LogP contribution is -2.54. The van der Waals surface area contributed by atoms with Crippen LogP contribution in [0.2, 0.25) is 0 Å². The highest BCUT2D eigenvalue weighted by molar-refractivity contribution is 5.49. The van der Waals surface area contributed by atoms with Crippen LogP contribution in [0.3, 0.4) is 0 Å². The molecule has 0 atom stereocenters. The zero-order valence-corrected chi connectivity index (χ0v) is 10.8. The molecule has 1 fully saturated rings. The lowest BCUT2D eigenvalue weighted by Gasteiger charge is -2.43. The molecule has 0 amide bonds. The van der Waals surface area contributed by atoms with Crippen molar-refractivity contribution < 1.29 is 13.9 Å². The van der Waals surface area contributed by atoms with Crippen LogP contribution in [0.25, 0.3) is 0 Å². The van der Waals surface area contributed by atoms with E-state index >= 15 is 0 Å². The molecule has 18 heavy (non-hydrogen) atoms. The Bertz CT molecular complexity index is 416. The molecule has 0 unspecified atom stereocenters. The second kappa shape index (κ2) is 5.12. The Labute approximate surface area is 106 Å². The lowest BCUT2D eigenvalue weighted by molar-refractivity contribution is -0.101. The first-order chi connectivity index (χ1) is 8.60. The fraction of sp³-hybridized carbons (Fsp3) is 0.538. The first kappa shape index (κ1) is 13.1. The predicted octanol–water partition coefficient (Wildman–Crippen LogP) is 1.25. The molecule has 0 spiro atoms. The van der Waals surface area contributed by atoms with Crippen molar-refractivity contribution in [1.82, 2.24) is 0 Å². The molecule has 2 rings (SSSR count). The van der Waals surface area contributed by atoms with Gasteiger partial charge in [0.15, 0.2) is 11.6 Å². The minimum atomic E-state index is -0.353. The molecule has 1 aromatic carbocycles. The second-order valence-corrected chi connectivity index (χ2v) is 4.87. The highest BCUT2D eigenvalue weighted by atomic mass is 19.1. The Kier molecular flexibility index (Phi) is 3.73. The van der Waals surface area contributed by atoms with Gasteiger partial charge in [-0.05, 0) is 12.1 Å². The first-order valence-corrected chi connectivity index (χ1v) is 5.93. The molecule has 0 aromatic heterocycles. The number of hydrogen-bond donors (Lipinski definition) is 1. The number of hydrogen-bond acceptors (Lipinski definition) is 4. The number of nitrogens with two attached hydrogens (primary N) is 1. The van der Waals surface area contributed by atoms with Crippen LogP contribution in [0, 0.1) is 11.2 Å². The fourth-order valence-corrected chi connectivity index (χ4v) is 2.15. The number of nitrogens with zero attached hydrogens (tertiary/aromatic N) is 1. The molecule has 4 nitrogen and oxygen atoms in total. The number of benzene rings is 1. The van der Waals surface area contributed by atoms with Gasteiger partial charge in [0, 0.05) is 37.3 Å². The summed E-state index contributed by atoms with van der Waals surface area (Å²) >= 11 is 0. The summed E-state index contributed by atoms with van der Waals surface area (Å²) in [6.07, 6.45) is 0. The molecule has 1 heterocycles. The Morgan fingerprint density at radius 2 is 2.22 bits per heavy atom. The topological polar surface area (TPSA) is 47.7 Å². The maximum Gasteiger partial charge on any atom is 0.167 e. The zero-order valence-electron chi connectivity index (χ0n) is 10.8. The van der Waals surface area contributed by atoms with Crippen molar-refractivity contribution in [3.05, 3.63) is 24.0 Å². The van der Waals surface area contributed by atoms with Crippen molar-refractivity contribution in [2.24, 2.45) is 11.1 Å². The quantitative estimate of drug-likeness (QED) is 0.859. The molecule has 2 N–H and O–H groups in total. The highest BCUT2D eigenvalue weighted by Gasteiger charge is 2.38. The van der Waals surface area contributed by atoms with Crippen molar-refractivity contribution >= 4 is 5.69 Å². The van der Waals surface area contributed by atoms with Crippen molar-refractivity contribution in [3.8, 4) is 5.75 Å². The monoisotopic (exact) mass is 254 g/mol. The molecule has 0 saturated carbocycles. The van der Waals surface area contributed by atoms with Crippen LogP contribution in [0.5, 0.6) is 5.75 Å². The molecule has 1 aliphatic heterocycles. The highest BCUT2D eigenvalue weighted by Crippen LogP contribution is 2.30. The van der Waals surface area contributed by atoms with Crippen LogP contribution in [0.15, 0.2) is 18.2 Å². The van der Waals surface area contributed by atoms with E-state index in [9.17, 15) is 4.39 Å². The third-order valence-electron chi connectivity index (χ3n) is 3.40. The van der Waals surface area contributed by atoms with Crippen molar-refractivity contribution in [3.63, 3.8) is 0 Å². The Morgan fingerprint density at radius 3 is 2.67 bits per heavy atom. The predicted molar refractivity (Wildman–Crippen MR) is 68.5 cm³/mol. The van der Waals surface area contributed by atoms with E-state index in [1.54, 1.807) is 6.07 Å². The van der Waals surface area contributed by atoms with Crippen LogP contribution >= 0.6 is 0 Å². The van der Waals surface area contributed by atoms with Crippen LogP contribution in [0.1, 0.15) is 0 Å². The number of rotatable bonds is 5. The van der Waals surface area contributed by atoms with Gasteiger partial charge in [0.25, 0.3) is 0 Å². The number of halogens is 1. The molecular formula is C13H19FN2O2. The molecule has 1 saturated heterocycles. The van der Waals surface area contributed by atoms with Gasteiger partial charge in [0.1, 0.15) is 0 Å². The van der Waals surface area contributed by atoms with E-state index in [0.717, 1.165) is 12.2 Å². The fourth-order valence-electron chi connectivity index (χ4n) is 2.15. The van der Waals surface area contributed by atoms with Crippen LogP contribution in [-0.2, 0) is 4.74 Å². The Morgan fingerprint density at radius 1 is 1.50 bits per heavy atom. The van der Waals surface area contributed by atoms with Gasteiger partial charge in [-0.25, -0.2) is 4.39 Å². The smallest absolute Gasteiger partial charge is 0.167 e. The van der Waals surface area contributed by atoms with Gasteiger partial charge in [-0.1, -0.05) is 0 Å². The van der Waals surface area contributed by atoms with E-state index in [1.807, 2.05) is 18.0 Å². The normalized spacial score (nSPS) is 17.1. The lowest BCUT2D eigenvalue weighted by atomic mass is 9.85. The molecule has 0 aliphatic carbocycles. The van der Waals surface area contributed by atoms with Gasteiger partial charge in [-0.3, -0.25) is 0 Å². The van der Waals surface area contributed by atoms with E-state index in [2.05, 4.69) is 0 Å². The second-order valence-electron chi connectivity index (χ2n) is 4.87. The largest absolute Gasteiger partial charge is 0.494 e. The first-order valence-electron chi connectivity index (χ1n) is 5.93.